The molecule has 0 heterocycles. The molecule has 96 valence electrons. The average Bonchev–Trinajstić information content (AvgIpc) is 2.41. The molecule has 5 nitrogen and oxygen atoms in total. The SMILES string of the molecule is C=O.C=O.O=S(=O)(O)c1cccc2ccccc12. The number of hydrogen-bond donors (Lipinski definition) is 1. The van der Waals surface area contributed by atoms with Crippen LogP contribution in [0.5, 0.6) is 0 Å². The number of carbonyl (C=O) groups excluding carboxylic acids is 2. The van der Waals surface area contributed by atoms with Gasteiger partial charge >= 0.3 is 0 Å². The molecule has 0 unspecified atom stereocenters. The highest BCUT2D eigenvalue weighted by Gasteiger charge is 2.12. The fraction of sp³-hybridized carbons (Fsp3) is 0. The molecule has 6 heteroatoms. The van der Waals surface area contributed by atoms with Crippen LogP contribution >= 0.6 is 0 Å². The highest BCUT2D eigenvalue weighted by atomic mass is 32.2. The number of carbonyl (C=O) groups is 2. The van der Waals surface area contributed by atoms with E-state index in [-0.39, 0.29) is 4.90 Å². The normalized spacial score (nSPS) is 9.61. The van der Waals surface area contributed by atoms with E-state index in [2.05, 4.69) is 0 Å². The highest BCUT2D eigenvalue weighted by Crippen LogP contribution is 2.21. The molecule has 2 aromatic carbocycles. The average molecular weight is 268 g/mol. The van der Waals surface area contributed by atoms with Crippen molar-refractivity contribution >= 4 is 34.5 Å². The van der Waals surface area contributed by atoms with Gasteiger partial charge in [-0.2, -0.15) is 8.42 Å². The van der Waals surface area contributed by atoms with Gasteiger partial charge in [0.05, 0.1) is 0 Å². The first-order valence-electron chi connectivity index (χ1n) is 4.62. The van der Waals surface area contributed by atoms with Gasteiger partial charge in [-0.25, -0.2) is 0 Å². The Balaban J connectivity index is 0.000000659. The zero-order valence-corrected chi connectivity index (χ0v) is 10.3. The van der Waals surface area contributed by atoms with Gasteiger partial charge < -0.3 is 9.59 Å². The van der Waals surface area contributed by atoms with Crippen LogP contribution in [0.2, 0.25) is 0 Å². The summed E-state index contributed by atoms with van der Waals surface area (Å²) in [5.41, 5.74) is 0. The molecular formula is C12H12O5S. The smallest absolute Gasteiger partial charge is 0.295 e. The van der Waals surface area contributed by atoms with E-state index >= 15 is 0 Å². The molecule has 2 rings (SSSR count). The van der Waals surface area contributed by atoms with Gasteiger partial charge in [0, 0.05) is 5.39 Å². The second kappa shape index (κ2) is 7.31. The number of hydrogen-bond acceptors (Lipinski definition) is 4. The largest absolute Gasteiger partial charge is 0.307 e. The Morgan fingerprint density at radius 2 is 1.33 bits per heavy atom. The summed E-state index contributed by atoms with van der Waals surface area (Å²) in [6.45, 7) is 4.00. The molecule has 0 fully saturated rings. The van der Waals surface area contributed by atoms with E-state index in [1.807, 2.05) is 19.6 Å². The minimum Gasteiger partial charge on any atom is -0.307 e. The van der Waals surface area contributed by atoms with Crippen molar-refractivity contribution in [3.63, 3.8) is 0 Å². The fourth-order valence-corrected chi connectivity index (χ4v) is 2.13. The lowest BCUT2D eigenvalue weighted by atomic mass is 10.1. The van der Waals surface area contributed by atoms with Crippen LogP contribution in [0.25, 0.3) is 10.8 Å². The standard InChI is InChI=1S/C10H8O3S.2CH2O/c11-14(12,13)10-7-3-5-8-4-1-2-6-9(8)10;2*1-2/h1-7H,(H,11,12,13);2*1H2. The second-order valence-corrected chi connectivity index (χ2v) is 4.34. The molecule has 0 atom stereocenters. The van der Waals surface area contributed by atoms with Crippen molar-refractivity contribution in [2.45, 2.75) is 4.90 Å². The van der Waals surface area contributed by atoms with Crippen LogP contribution in [-0.4, -0.2) is 26.5 Å². The van der Waals surface area contributed by atoms with Crippen LogP contribution in [0.1, 0.15) is 0 Å². The number of rotatable bonds is 1. The minimum atomic E-state index is -4.13. The summed E-state index contributed by atoms with van der Waals surface area (Å²) in [5, 5.41) is 1.33. The molecule has 0 radical (unpaired) electrons. The summed E-state index contributed by atoms with van der Waals surface area (Å²) in [7, 11) is -4.13. The van der Waals surface area contributed by atoms with Crippen LogP contribution < -0.4 is 0 Å². The van der Waals surface area contributed by atoms with Crippen LogP contribution in [-0.2, 0) is 19.7 Å². The summed E-state index contributed by atoms with van der Waals surface area (Å²) < 4.78 is 31.0. The first-order chi connectivity index (χ1) is 8.59. The Morgan fingerprint density at radius 1 is 0.833 bits per heavy atom. The van der Waals surface area contributed by atoms with Crippen molar-refractivity contribution in [3.05, 3.63) is 42.5 Å². The lowest BCUT2D eigenvalue weighted by Crippen LogP contribution is -1.98. The fourth-order valence-electron chi connectivity index (χ4n) is 1.42. The van der Waals surface area contributed by atoms with Gasteiger partial charge in [-0.3, -0.25) is 4.55 Å². The number of fused-ring (bicyclic) bond motifs is 1. The van der Waals surface area contributed by atoms with Crippen LogP contribution in [0.15, 0.2) is 47.4 Å². The molecule has 0 spiro atoms. The Morgan fingerprint density at radius 3 is 1.89 bits per heavy atom. The minimum absolute atomic E-state index is 0.0457. The van der Waals surface area contributed by atoms with E-state index in [9.17, 15) is 8.42 Å². The third-order valence-corrected chi connectivity index (χ3v) is 2.94. The van der Waals surface area contributed by atoms with Gasteiger partial charge in [0.2, 0.25) is 0 Å². The highest BCUT2D eigenvalue weighted by molar-refractivity contribution is 7.86. The van der Waals surface area contributed by atoms with Crippen molar-refractivity contribution in [3.8, 4) is 0 Å². The zero-order valence-electron chi connectivity index (χ0n) is 9.44. The third-order valence-electron chi connectivity index (χ3n) is 2.03. The van der Waals surface area contributed by atoms with Gasteiger partial charge in [0.25, 0.3) is 10.1 Å². The van der Waals surface area contributed by atoms with Crippen LogP contribution in [0, 0.1) is 0 Å². The maximum atomic E-state index is 11.0. The molecule has 18 heavy (non-hydrogen) atoms. The van der Waals surface area contributed by atoms with E-state index in [1.54, 1.807) is 30.3 Å². The summed E-state index contributed by atoms with van der Waals surface area (Å²) in [6, 6.07) is 11.8. The van der Waals surface area contributed by atoms with Crippen molar-refractivity contribution in [1.29, 1.82) is 0 Å². The maximum Gasteiger partial charge on any atom is 0.295 e. The van der Waals surface area contributed by atoms with Crippen molar-refractivity contribution in [2.24, 2.45) is 0 Å². The van der Waals surface area contributed by atoms with Gasteiger partial charge in [0.15, 0.2) is 0 Å². The van der Waals surface area contributed by atoms with Gasteiger partial charge in [0.1, 0.15) is 18.5 Å². The lowest BCUT2D eigenvalue weighted by Gasteiger charge is -2.02. The first-order valence-corrected chi connectivity index (χ1v) is 6.06. The molecule has 0 aliphatic heterocycles. The van der Waals surface area contributed by atoms with Gasteiger partial charge in [-0.05, 0) is 11.5 Å². The van der Waals surface area contributed by atoms with E-state index in [4.69, 9.17) is 14.1 Å². The molecule has 0 aliphatic rings. The second-order valence-electron chi connectivity index (χ2n) is 2.95. The molecular weight excluding hydrogens is 256 g/mol. The van der Waals surface area contributed by atoms with Crippen molar-refractivity contribution in [1.82, 2.24) is 0 Å². The van der Waals surface area contributed by atoms with E-state index < -0.39 is 10.1 Å². The first kappa shape index (κ1) is 16.0. The van der Waals surface area contributed by atoms with Gasteiger partial charge in [-0.15, -0.1) is 0 Å². The lowest BCUT2D eigenvalue weighted by molar-refractivity contribution is -0.0987. The summed E-state index contributed by atoms with van der Waals surface area (Å²) in [4.78, 5) is 16.0. The van der Waals surface area contributed by atoms with Crippen LogP contribution in [0.3, 0.4) is 0 Å². The summed E-state index contributed by atoms with van der Waals surface area (Å²) in [6.07, 6.45) is 0. The Kier molecular flexibility index (Phi) is 6.48. The topological polar surface area (TPSA) is 88.5 Å². The predicted octanol–water partition coefficient (Wildman–Crippen LogP) is 1.72. The van der Waals surface area contributed by atoms with Crippen molar-refractivity contribution in [2.75, 3.05) is 0 Å². The van der Waals surface area contributed by atoms with E-state index in [1.165, 1.54) is 6.07 Å². The molecule has 0 bridgehead atoms. The molecule has 1 N–H and O–H groups in total. The molecule has 0 amide bonds. The van der Waals surface area contributed by atoms with E-state index in [0.717, 1.165) is 5.39 Å². The molecule has 0 aromatic heterocycles. The Hall–Kier alpha value is -2.05. The van der Waals surface area contributed by atoms with Crippen LogP contribution in [0.4, 0.5) is 0 Å². The monoisotopic (exact) mass is 268 g/mol. The predicted molar refractivity (Wildman–Crippen MR) is 68.0 cm³/mol. The molecule has 2 aromatic rings. The molecule has 0 saturated heterocycles. The molecule has 0 aliphatic carbocycles. The molecule has 0 saturated carbocycles. The Bertz CT molecular complexity index is 599. The quantitative estimate of drug-likeness (QED) is 0.795. The Labute approximate surface area is 105 Å². The van der Waals surface area contributed by atoms with E-state index in [0.29, 0.717) is 5.39 Å². The van der Waals surface area contributed by atoms with Crippen molar-refractivity contribution < 1.29 is 22.6 Å². The van der Waals surface area contributed by atoms with Gasteiger partial charge in [-0.1, -0.05) is 36.4 Å². The zero-order chi connectivity index (χ0) is 14.2. The maximum absolute atomic E-state index is 11.0. The number of benzene rings is 2. The summed E-state index contributed by atoms with van der Waals surface area (Å²) >= 11 is 0. The third kappa shape index (κ3) is 3.76. The summed E-state index contributed by atoms with van der Waals surface area (Å²) in [5.74, 6) is 0.